The van der Waals surface area contributed by atoms with Gasteiger partial charge in [-0.15, -0.1) is 0 Å². The zero-order chi connectivity index (χ0) is 11.8. The van der Waals surface area contributed by atoms with E-state index < -0.39 is 0 Å². The Hall–Kier alpha value is -1.41. The molecular weight excluding hydrogens is 210 g/mol. The van der Waals surface area contributed by atoms with E-state index in [-0.39, 0.29) is 12.0 Å². The van der Waals surface area contributed by atoms with Gasteiger partial charge in [0.1, 0.15) is 5.78 Å². The summed E-state index contributed by atoms with van der Waals surface area (Å²) in [7, 11) is 0. The van der Waals surface area contributed by atoms with Crippen LogP contribution in [-0.4, -0.2) is 11.8 Å². The van der Waals surface area contributed by atoms with Crippen LogP contribution in [0, 0.1) is 5.92 Å². The second kappa shape index (κ2) is 4.11. The molecule has 17 heavy (non-hydrogen) atoms. The van der Waals surface area contributed by atoms with E-state index in [9.17, 15) is 4.79 Å². The van der Waals surface area contributed by atoms with Gasteiger partial charge in [0.2, 0.25) is 0 Å². The number of carbonyl (C=O) groups is 1. The second-order valence-corrected chi connectivity index (χ2v) is 5.16. The van der Waals surface area contributed by atoms with Crippen molar-refractivity contribution >= 4 is 5.78 Å². The smallest absolute Gasteiger partial charge is 0.140 e. The van der Waals surface area contributed by atoms with Crippen molar-refractivity contribution in [2.45, 2.75) is 31.2 Å². The zero-order valence-electron chi connectivity index (χ0n) is 9.80. The van der Waals surface area contributed by atoms with E-state index in [0.717, 1.165) is 12.8 Å². The summed E-state index contributed by atoms with van der Waals surface area (Å²) in [6.45, 7) is 0. The molecule has 0 bridgehead atoms. The van der Waals surface area contributed by atoms with Gasteiger partial charge >= 0.3 is 0 Å². The van der Waals surface area contributed by atoms with Crippen LogP contribution in [0.15, 0.2) is 36.4 Å². The van der Waals surface area contributed by atoms with E-state index in [4.69, 9.17) is 5.73 Å². The minimum Gasteiger partial charge on any atom is -0.324 e. The summed E-state index contributed by atoms with van der Waals surface area (Å²) >= 11 is 0. The lowest BCUT2D eigenvalue weighted by Crippen LogP contribution is -2.24. The summed E-state index contributed by atoms with van der Waals surface area (Å²) in [6, 6.07) is 8.50. The van der Waals surface area contributed by atoms with Crippen LogP contribution in [0.4, 0.5) is 0 Å². The molecular formula is C15H17NO. The SMILES string of the molecule is NC1C=CC(C(=O)CC2Cc3ccccc32)C1. The van der Waals surface area contributed by atoms with Crippen molar-refractivity contribution < 1.29 is 4.79 Å². The number of nitrogens with two attached hydrogens (primary N) is 1. The van der Waals surface area contributed by atoms with Gasteiger partial charge in [0.25, 0.3) is 0 Å². The number of allylic oxidation sites excluding steroid dienone is 1. The summed E-state index contributed by atoms with van der Waals surface area (Å²) in [4.78, 5) is 12.1. The molecule has 0 aliphatic heterocycles. The lowest BCUT2D eigenvalue weighted by molar-refractivity contribution is -0.122. The van der Waals surface area contributed by atoms with Gasteiger partial charge in [0.15, 0.2) is 0 Å². The third-order valence-corrected chi connectivity index (χ3v) is 3.94. The summed E-state index contributed by atoms with van der Waals surface area (Å²) in [5, 5.41) is 0. The lowest BCUT2D eigenvalue weighted by Gasteiger charge is -2.30. The van der Waals surface area contributed by atoms with Gasteiger partial charge < -0.3 is 5.73 Å². The van der Waals surface area contributed by atoms with Gasteiger partial charge in [0.05, 0.1) is 0 Å². The van der Waals surface area contributed by atoms with Gasteiger partial charge in [0, 0.05) is 18.4 Å². The van der Waals surface area contributed by atoms with Crippen LogP contribution < -0.4 is 5.73 Å². The first-order valence-electron chi connectivity index (χ1n) is 6.28. The number of hydrogen-bond acceptors (Lipinski definition) is 2. The number of carbonyl (C=O) groups excluding carboxylic acids is 1. The predicted molar refractivity (Wildman–Crippen MR) is 67.7 cm³/mol. The molecule has 0 heterocycles. The molecule has 0 saturated heterocycles. The van der Waals surface area contributed by atoms with Crippen molar-refractivity contribution in [2.75, 3.05) is 0 Å². The van der Waals surface area contributed by atoms with Crippen LogP contribution in [-0.2, 0) is 11.2 Å². The molecule has 2 heteroatoms. The predicted octanol–water partition coefficient (Wildman–Crippen LogP) is 2.19. The van der Waals surface area contributed by atoms with Crippen molar-refractivity contribution in [2.24, 2.45) is 11.7 Å². The molecule has 0 saturated carbocycles. The highest BCUT2D eigenvalue weighted by molar-refractivity contribution is 5.84. The van der Waals surface area contributed by atoms with Crippen molar-refractivity contribution in [1.29, 1.82) is 0 Å². The fraction of sp³-hybridized carbons (Fsp3) is 0.400. The normalized spacial score (nSPS) is 29.8. The monoisotopic (exact) mass is 227 g/mol. The molecule has 3 unspecified atom stereocenters. The number of benzene rings is 1. The third-order valence-electron chi connectivity index (χ3n) is 3.94. The van der Waals surface area contributed by atoms with Crippen LogP contribution >= 0.6 is 0 Å². The first-order chi connectivity index (χ1) is 8.24. The lowest BCUT2D eigenvalue weighted by atomic mass is 9.74. The molecule has 0 radical (unpaired) electrons. The summed E-state index contributed by atoms with van der Waals surface area (Å²) in [5.74, 6) is 0.871. The highest BCUT2D eigenvalue weighted by Crippen LogP contribution is 2.38. The number of Topliss-reactive ketones (excluding diaryl/α,β-unsaturated/α-hetero) is 1. The minimum atomic E-state index is 0.0674. The maximum atomic E-state index is 12.1. The molecule has 2 aliphatic rings. The van der Waals surface area contributed by atoms with Gasteiger partial charge in [-0.3, -0.25) is 4.79 Å². The van der Waals surface area contributed by atoms with Crippen molar-refractivity contribution in [1.82, 2.24) is 0 Å². The van der Waals surface area contributed by atoms with Crippen LogP contribution in [0.2, 0.25) is 0 Å². The van der Waals surface area contributed by atoms with Gasteiger partial charge in [-0.2, -0.15) is 0 Å². The van der Waals surface area contributed by atoms with Crippen molar-refractivity contribution in [3.8, 4) is 0 Å². The standard InChI is InChI=1S/C15H17NO/c16-13-6-5-11(8-13)15(17)9-12-7-10-3-1-2-4-14(10)12/h1-6,11-13H,7-9,16H2. The first kappa shape index (κ1) is 10.7. The molecule has 0 aromatic heterocycles. The Kier molecular flexibility index (Phi) is 2.60. The molecule has 3 atom stereocenters. The summed E-state index contributed by atoms with van der Waals surface area (Å²) in [6.07, 6.45) is 6.48. The van der Waals surface area contributed by atoms with Crippen LogP contribution in [0.1, 0.15) is 29.9 Å². The summed E-state index contributed by atoms with van der Waals surface area (Å²) in [5.41, 5.74) is 8.55. The highest BCUT2D eigenvalue weighted by Gasteiger charge is 2.30. The quantitative estimate of drug-likeness (QED) is 0.804. The van der Waals surface area contributed by atoms with Crippen LogP contribution in [0.5, 0.6) is 0 Å². The molecule has 0 amide bonds. The zero-order valence-corrected chi connectivity index (χ0v) is 9.80. The highest BCUT2D eigenvalue weighted by atomic mass is 16.1. The Morgan fingerprint density at radius 1 is 1.29 bits per heavy atom. The third kappa shape index (κ3) is 1.93. The molecule has 2 nitrogen and oxygen atoms in total. The van der Waals surface area contributed by atoms with E-state index in [1.165, 1.54) is 11.1 Å². The number of fused-ring (bicyclic) bond motifs is 1. The Labute approximate surface area is 102 Å². The topological polar surface area (TPSA) is 43.1 Å². The van der Waals surface area contributed by atoms with Crippen molar-refractivity contribution in [3.63, 3.8) is 0 Å². The second-order valence-electron chi connectivity index (χ2n) is 5.16. The van der Waals surface area contributed by atoms with E-state index in [0.29, 0.717) is 18.1 Å². The molecule has 3 rings (SSSR count). The Balaban J connectivity index is 1.63. The molecule has 0 fully saturated rings. The number of rotatable bonds is 3. The maximum Gasteiger partial charge on any atom is 0.140 e. The maximum absolute atomic E-state index is 12.1. The first-order valence-corrected chi connectivity index (χ1v) is 6.28. The average Bonchev–Trinajstić information content (AvgIpc) is 2.73. The summed E-state index contributed by atoms with van der Waals surface area (Å²) < 4.78 is 0. The fourth-order valence-corrected chi connectivity index (χ4v) is 2.90. The molecule has 1 aromatic carbocycles. The van der Waals surface area contributed by atoms with Crippen LogP contribution in [0.25, 0.3) is 0 Å². The average molecular weight is 227 g/mol. The van der Waals surface area contributed by atoms with E-state index >= 15 is 0 Å². The van der Waals surface area contributed by atoms with Crippen molar-refractivity contribution in [3.05, 3.63) is 47.5 Å². The molecule has 88 valence electrons. The number of hydrogen-bond donors (Lipinski definition) is 1. The molecule has 2 N–H and O–H groups in total. The Bertz CT molecular complexity index is 478. The Morgan fingerprint density at radius 2 is 2.12 bits per heavy atom. The largest absolute Gasteiger partial charge is 0.324 e. The Morgan fingerprint density at radius 3 is 2.82 bits per heavy atom. The molecule has 2 aliphatic carbocycles. The van der Waals surface area contributed by atoms with Gasteiger partial charge in [-0.25, -0.2) is 0 Å². The van der Waals surface area contributed by atoms with Gasteiger partial charge in [-0.05, 0) is 29.9 Å². The van der Waals surface area contributed by atoms with E-state index in [2.05, 4.69) is 24.3 Å². The van der Waals surface area contributed by atoms with Gasteiger partial charge in [-0.1, -0.05) is 36.4 Å². The fourth-order valence-electron chi connectivity index (χ4n) is 2.90. The van der Waals surface area contributed by atoms with E-state index in [1.807, 2.05) is 12.2 Å². The number of ketones is 1. The molecule has 0 spiro atoms. The van der Waals surface area contributed by atoms with E-state index in [1.54, 1.807) is 0 Å². The minimum absolute atomic E-state index is 0.0674. The molecule has 1 aromatic rings. The van der Waals surface area contributed by atoms with Crippen LogP contribution in [0.3, 0.4) is 0 Å².